The van der Waals surface area contributed by atoms with Crippen LogP contribution in [0.3, 0.4) is 0 Å². The highest BCUT2D eigenvalue weighted by Gasteiger charge is 2.38. The van der Waals surface area contributed by atoms with Crippen LogP contribution in [0.5, 0.6) is 0 Å². The van der Waals surface area contributed by atoms with E-state index >= 15 is 0 Å². The van der Waals surface area contributed by atoms with Gasteiger partial charge in [-0.1, -0.05) is 37.4 Å². The number of carboxylic acid groups (broad SMARTS) is 1. The van der Waals surface area contributed by atoms with Crippen molar-refractivity contribution in [3.63, 3.8) is 0 Å². The molecule has 2 saturated carbocycles. The summed E-state index contributed by atoms with van der Waals surface area (Å²) in [6.07, 6.45) is 10.2. The number of anilines is 1. The number of hydrogen-bond donors (Lipinski definition) is 2. The van der Waals surface area contributed by atoms with E-state index < -0.39 is 6.09 Å². The van der Waals surface area contributed by atoms with Crippen molar-refractivity contribution < 1.29 is 14.7 Å². The van der Waals surface area contributed by atoms with Gasteiger partial charge in [-0.3, -0.25) is 9.78 Å². The molecule has 0 bridgehead atoms. The van der Waals surface area contributed by atoms with Crippen LogP contribution in [0.25, 0.3) is 22.3 Å². The van der Waals surface area contributed by atoms with Crippen LogP contribution in [0.15, 0.2) is 42.2 Å². The van der Waals surface area contributed by atoms with Gasteiger partial charge < -0.3 is 25.2 Å². The van der Waals surface area contributed by atoms with Gasteiger partial charge in [-0.15, -0.1) is 6.58 Å². The molecule has 0 aromatic carbocycles. The minimum atomic E-state index is -1.41. The molecule has 226 valence electrons. The van der Waals surface area contributed by atoms with E-state index in [-0.39, 0.29) is 29.4 Å². The van der Waals surface area contributed by atoms with E-state index in [0.717, 1.165) is 43.7 Å². The number of hydrogen-bond acceptors (Lipinski definition) is 6. The molecule has 3 aliphatic rings. The van der Waals surface area contributed by atoms with Crippen molar-refractivity contribution in [2.24, 2.45) is 28.5 Å². The Labute approximate surface area is 255 Å². The topological polar surface area (TPSA) is 143 Å². The lowest BCUT2D eigenvalue weighted by Crippen LogP contribution is -2.55. The summed E-state index contributed by atoms with van der Waals surface area (Å²) < 4.78 is 2.24. The van der Waals surface area contributed by atoms with Crippen molar-refractivity contribution in [1.29, 1.82) is 0 Å². The van der Waals surface area contributed by atoms with Gasteiger partial charge in [-0.05, 0) is 49.7 Å². The molecule has 1 atom stereocenters. The van der Waals surface area contributed by atoms with Crippen LogP contribution in [0.1, 0.15) is 51.1 Å². The third-order valence-corrected chi connectivity index (χ3v) is 9.13. The average molecular weight is 605 g/mol. The summed E-state index contributed by atoms with van der Waals surface area (Å²) in [5, 5.41) is 9.71. The molecule has 3 N–H and O–H groups in total. The predicted octanol–water partition coefficient (Wildman–Crippen LogP) is 4.97. The maximum atomic E-state index is 12.9. The Morgan fingerprint density at radius 3 is 2.58 bits per heavy atom. The number of piperazine rings is 1. The summed E-state index contributed by atoms with van der Waals surface area (Å²) >= 11 is 6.37. The van der Waals surface area contributed by atoms with Crippen molar-refractivity contribution in [3.05, 3.63) is 47.9 Å². The molecule has 3 fully saturated rings. The fraction of sp³-hybridized carbons (Fsp3) is 0.484. The van der Waals surface area contributed by atoms with E-state index in [9.17, 15) is 14.7 Å². The number of amides is 2. The molecule has 2 amide bonds. The predicted molar refractivity (Wildman–Crippen MR) is 166 cm³/mol. The number of nitrogens with two attached hydrogens (primary N) is 1. The summed E-state index contributed by atoms with van der Waals surface area (Å²) in [6.45, 7) is 8.94. The minimum absolute atomic E-state index is 0.124. The Hall–Kier alpha value is -3.99. The quantitative estimate of drug-likeness (QED) is 0.219. The van der Waals surface area contributed by atoms with Gasteiger partial charge in [0.1, 0.15) is 5.69 Å². The lowest BCUT2D eigenvalue weighted by Gasteiger charge is -2.41. The number of halogens is 1. The number of rotatable bonds is 7. The molecule has 11 nitrogen and oxygen atoms in total. The standard InChI is InChI=1S/C31H37ClN8O3/c1-3-23-17-38(29(41)20-8-9-20)10-11-39(23)30-36-24-13-25(28(33)37-31(42)43)35-26(21-12-22(32)15-34-14-21)27(24)40(30)16-19-6-4-18(2)5-7-19/h3,12-15,18-20,23H,1,4-11,16-17H2,2H3,(H2,33,37)(H,42,43)/t18?,19?,23-/m1/s1. The zero-order valence-corrected chi connectivity index (χ0v) is 25.1. The highest BCUT2D eigenvalue weighted by atomic mass is 35.5. The smallest absolute Gasteiger partial charge is 0.433 e. The Bertz CT molecular complexity index is 1590. The van der Waals surface area contributed by atoms with Crippen molar-refractivity contribution >= 4 is 46.4 Å². The first-order valence-corrected chi connectivity index (χ1v) is 15.4. The molecular formula is C31H37ClN8O3. The van der Waals surface area contributed by atoms with Gasteiger partial charge >= 0.3 is 6.09 Å². The second-order valence-corrected chi connectivity index (χ2v) is 12.5. The first-order chi connectivity index (χ1) is 20.7. The van der Waals surface area contributed by atoms with Crippen LogP contribution in [-0.2, 0) is 11.3 Å². The third-order valence-electron chi connectivity index (χ3n) is 8.92. The van der Waals surface area contributed by atoms with Crippen molar-refractivity contribution in [2.75, 3.05) is 24.5 Å². The van der Waals surface area contributed by atoms with Crippen molar-refractivity contribution in [2.45, 2.75) is 58.0 Å². The lowest BCUT2D eigenvalue weighted by atomic mass is 9.83. The molecule has 2 aliphatic carbocycles. The number of pyridine rings is 2. The molecule has 12 heteroatoms. The summed E-state index contributed by atoms with van der Waals surface area (Å²) in [4.78, 5) is 46.2. The monoisotopic (exact) mass is 604 g/mol. The van der Waals surface area contributed by atoms with Crippen molar-refractivity contribution in [1.82, 2.24) is 24.4 Å². The highest BCUT2D eigenvalue weighted by molar-refractivity contribution is 6.30. The molecule has 3 aromatic heterocycles. The lowest BCUT2D eigenvalue weighted by molar-refractivity contribution is -0.133. The molecule has 0 radical (unpaired) electrons. The van der Waals surface area contributed by atoms with Gasteiger partial charge in [0.25, 0.3) is 0 Å². The van der Waals surface area contributed by atoms with Crippen LogP contribution < -0.4 is 10.6 Å². The zero-order chi connectivity index (χ0) is 30.2. The van der Waals surface area contributed by atoms with Gasteiger partial charge in [-0.25, -0.2) is 14.8 Å². The Kier molecular flexibility index (Phi) is 8.09. The van der Waals surface area contributed by atoms with Crippen molar-refractivity contribution in [3.8, 4) is 11.3 Å². The highest BCUT2D eigenvalue weighted by Crippen LogP contribution is 2.38. The molecule has 4 heterocycles. The summed E-state index contributed by atoms with van der Waals surface area (Å²) in [5.41, 5.74) is 8.92. The maximum absolute atomic E-state index is 12.9. The number of carbonyl (C=O) groups excluding carboxylic acids is 1. The van der Waals surface area contributed by atoms with E-state index in [0.29, 0.717) is 53.3 Å². The van der Waals surface area contributed by atoms with E-state index in [1.54, 1.807) is 24.5 Å². The summed E-state index contributed by atoms with van der Waals surface area (Å²) in [7, 11) is 0. The first-order valence-electron chi connectivity index (χ1n) is 15.0. The second-order valence-electron chi connectivity index (χ2n) is 12.1. The molecule has 43 heavy (non-hydrogen) atoms. The number of fused-ring (bicyclic) bond motifs is 1. The van der Waals surface area contributed by atoms with Gasteiger partial charge in [0.05, 0.1) is 27.8 Å². The molecule has 0 spiro atoms. The molecule has 1 saturated heterocycles. The fourth-order valence-electron chi connectivity index (χ4n) is 6.39. The Morgan fingerprint density at radius 2 is 1.91 bits per heavy atom. The average Bonchev–Trinajstić information content (AvgIpc) is 3.78. The Balaban J connectivity index is 1.51. The van der Waals surface area contributed by atoms with Crippen LogP contribution in [0.4, 0.5) is 10.7 Å². The van der Waals surface area contributed by atoms with Gasteiger partial charge in [0, 0.05) is 50.1 Å². The van der Waals surface area contributed by atoms with E-state index in [1.807, 2.05) is 11.0 Å². The molecule has 6 rings (SSSR count). The molecular weight excluding hydrogens is 568 g/mol. The second kappa shape index (κ2) is 11.9. The molecule has 3 aromatic rings. The van der Waals surface area contributed by atoms with Crippen LogP contribution in [0.2, 0.25) is 5.02 Å². The SMILES string of the molecule is C=C[C@@H]1CN(C(=O)C2CC2)CCN1c1nc2cc(/C(N)=N/C(=O)O)nc(-c3cncc(Cl)c3)c2n1CC1CCC(C)CC1. The minimum Gasteiger partial charge on any atom is -0.463 e. The van der Waals surface area contributed by atoms with Gasteiger partial charge in [-0.2, -0.15) is 4.99 Å². The van der Waals surface area contributed by atoms with Crippen LogP contribution in [0, 0.1) is 17.8 Å². The number of imidazole rings is 1. The maximum Gasteiger partial charge on any atom is 0.433 e. The number of aromatic nitrogens is 4. The zero-order valence-electron chi connectivity index (χ0n) is 24.3. The van der Waals surface area contributed by atoms with Gasteiger partial charge in [0.2, 0.25) is 11.9 Å². The van der Waals surface area contributed by atoms with Gasteiger partial charge in [0.15, 0.2) is 5.84 Å². The third kappa shape index (κ3) is 6.08. The number of nitrogens with zero attached hydrogens (tertiary/aromatic N) is 7. The summed E-state index contributed by atoms with van der Waals surface area (Å²) in [6, 6.07) is 3.34. The van der Waals surface area contributed by atoms with E-state index in [1.165, 1.54) is 12.8 Å². The first kappa shape index (κ1) is 29.1. The van der Waals surface area contributed by atoms with Crippen LogP contribution >= 0.6 is 11.6 Å². The van der Waals surface area contributed by atoms with E-state index in [2.05, 4.69) is 32.9 Å². The van der Waals surface area contributed by atoms with Crippen LogP contribution in [-0.4, -0.2) is 73.0 Å². The normalized spacial score (nSPS) is 23.0. The van der Waals surface area contributed by atoms with E-state index in [4.69, 9.17) is 27.3 Å². The fourth-order valence-corrected chi connectivity index (χ4v) is 6.56. The Morgan fingerprint density at radius 1 is 1.14 bits per heavy atom. The molecule has 1 aliphatic heterocycles. The largest absolute Gasteiger partial charge is 0.463 e. The number of amidine groups is 1. The number of carbonyl (C=O) groups is 2. The summed E-state index contributed by atoms with van der Waals surface area (Å²) in [5.74, 6) is 2.10. The number of aliphatic imine (C=N–C) groups is 1. The molecule has 0 unspecified atom stereocenters.